The van der Waals surface area contributed by atoms with Crippen molar-refractivity contribution >= 4 is 51.2 Å². The maximum Gasteiger partial charge on any atom is 0.407 e. The number of carbonyl (C=O) groups is 5. The fourth-order valence-corrected chi connectivity index (χ4v) is 14.4. The lowest BCUT2D eigenvalue weighted by Gasteiger charge is -2.61. The van der Waals surface area contributed by atoms with Crippen LogP contribution < -0.4 is 16.0 Å². The zero-order chi connectivity index (χ0) is 52.7. The molecule has 2 unspecified atom stereocenters. The van der Waals surface area contributed by atoms with Gasteiger partial charge in [-0.05, 0) is 125 Å². The van der Waals surface area contributed by atoms with Crippen LogP contribution in [0.15, 0.2) is 36.0 Å². The van der Waals surface area contributed by atoms with E-state index >= 15 is 8.78 Å². The fourth-order valence-electron chi connectivity index (χ4n) is 12.0. The summed E-state index contributed by atoms with van der Waals surface area (Å²) in [5.74, 6) is 0.375. The number of halogens is 2. The lowest BCUT2D eigenvalue weighted by Crippen LogP contribution is -2.67. The molecule has 0 aromatic rings. The van der Waals surface area contributed by atoms with E-state index in [0.29, 0.717) is 109 Å². The molecule has 0 aliphatic heterocycles. The first-order valence-corrected chi connectivity index (χ1v) is 28.7. The van der Waals surface area contributed by atoms with Crippen LogP contribution in [0.25, 0.3) is 0 Å². The molecule has 6 aliphatic rings. The summed E-state index contributed by atoms with van der Waals surface area (Å²) in [6.07, 6.45) is 10.3. The van der Waals surface area contributed by atoms with Crippen LogP contribution in [0, 0.1) is 40.4 Å². The van der Waals surface area contributed by atoms with E-state index in [9.17, 15) is 29.1 Å². The maximum atomic E-state index is 17.4. The third-order valence-electron chi connectivity index (χ3n) is 15.6. The van der Waals surface area contributed by atoms with Gasteiger partial charge in [0.2, 0.25) is 5.91 Å². The fraction of sp³-hybridized carbons (Fsp3) is 0.792. The summed E-state index contributed by atoms with van der Waals surface area (Å²) in [5.41, 5.74) is -4.04. The highest BCUT2D eigenvalue weighted by molar-refractivity contribution is 8.77. The first-order chi connectivity index (χ1) is 34.9. The highest BCUT2D eigenvalue weighted by Gasteiger charge is 2.71. The summed E-state index contributed by atoms with van der Waals surface area (Å²) in [5, 5.41) is 19.7. The molecule has 6 rings (SSSR count). The molecular formula is C53H81F2N3O13S2. The summed E-state index contributed by atoms with van der Waals surface area (Å²) in [7, 11) is 3.03. The monoisotopic (exact) mass is 1070 g/mol. The number of amides is 3. The van der Waals surface area contributed by atoms with E-state index in [-0.39, 0.29) is 66.4 Å². The van der Waals surface area contributed by atoms with Crippen molar-refractivity contribution in [3.05, 3.63) is 36.0 Å². The van der Waals surface area contributed by atoms with E-state index in [2.05, 4.69) is 28.1 Å². The SMILES string of the molecule is CCCC(OCC(=O)COC(=O)NCCSSC(C)(C)CC(=O)NCCOCCOCCOCCNC(=O)OC[C@@H]1[C@@H]2CC/C=C\CC[C@@H]21)O[C@@H]1CC2[C@@H]3C[C@H](F)C4=CC(=O)C=C[C@]4(C)[C@@]3(F)[C@@H](O)C[C@]2(C)C1. The molecule has 0 heterocycles. The standard InChI is InChI=1S/C53H81F2N3O13S2/c1-6-11-47(71-37-27-41-42-28-44(54)43-26-35(59)14-15-52(43,5)53(42,55)45(61)30-51(41,4)29-37)68-32-36(60)33-69-49(64)58-18-25-72-73-50(2,3)31-46(62)56-16-19-65-21-23-67-24-22-66-20-17-57-48(63)70-34-40-38-12-9-7-8-10-13-39(38)40/h7-8,14-15,26,37-42,44-45,47,61H,6,9-13,16-25,27-34H2,1-5H3,(H,56,62)(H,57,63)(H,58,64)/b8-7-/t37-,38-,39+,40-,41?,42+,44+,45+,47?,51+,52+,53+/m1/s1. The van der Waals surface area contributed by atoms with Crippen LogP contribution in [0.1, 0.15) is 105 Å². The van der Waals surface area contributed by atoms with Gasteiger partial charge in [0, 0.05) is 47.9 Å². The number of alkyl halides is 2. The number of hydrogen-bond acceptors (Lipinski definition) is 15. The third kappa shape index (κ3) is 16.4. The van der Waals surface area contributed by atoms with Gasteiger partial charge in [-0.3, -0.25) is 14.4 Å². The Kier molecular flexibility index (Phi) is 22.5. The lowest BCUT2D eigenvalue weighted by molar-refractivity contribution is -0.195. The third-order valence-corrected chi connectivity index (χ3v) is 18.9. The molecule has 12 atom stereocenters. The summed E-state index contributed by atoms with van der Waals surface area (Å²) in [4.78, 5) is 61.8. The van der Waals surface area contributed by atoms with Crippen LogP contribution >= 0.6 is 21.6 Å². The molecule has 20 heteroatoms. The topological polar surface area (TPSA) is 206 Å². The van der Waals surface area contributed by atoms with E-state index in [1.165, 1.54) is 52.7 Å². The molecular weight excluding hydrogens is 989 g/mol. The van der Waals surface area contributed by atoms with Gasteiger partial charge in [0.1, 0.15) is 12.8 Å². The van der Waals surface area contributed by atoms with Gasteiger partial charge >= 0.3 is 12.2 Å². The number of hydrogen-bond donors (Lipinski definition) is 4. The summed E-state index contributed by atoms with van der Waals surface area (Å²) >= 11 is 0. The molecule has 0 radical (unpaired) electrons. The molecule has 0 aromatic heterocycles. The van der Waals surface area contributed by atoms with E-state index in [0.717, 1.165) is 12.8 Å². The van der Waals surface area contributed by atoms with Gasteiger partial charge in [0.25, 0.3) is 0 Å². The van der Waals surface area contributed by atoms with E-state index < -0.39 is 65.6 Å². The lowest BCUT2D eigenvalue weighted by atomic mass is 9.45. The number of ketones is 2. The zero-order valence-electron chi connectivity index (χ0n) is 43.5. The Hall–Kier alpha value is -3.11. The van der Waals surface area contributed by atoms with Crippen LogP contribution in [0.3, 0.4) is 0 Å². The average Bonchev–Trinajstić information content (AvgIpc) is 3.86. The molecule has 0 bridgehead atoms. The molecule has 4 N–H and O–H groups in total. The van der Waals surface area contributed by atoms with Gasteiger partial charge in [-0.15, -0.1) is 0 Å². The zero-order valence-corrected chi connectivity index (χ0v) is 45.1. The Balaban J connectivity index is 0.737. The minimum atomic E-state index is -2.16. The summed E-state index contributed by atoms with van der Waals surface area (Å²) in [6, 6.07) is 0. The Labute approximate surface area is 438 Å². The number of allylic oxidation sites excluding steroid dienone is 6. The number of ether oxygens (including phenoxy) is 7. The molecule has 4 fully saturated rings. The smallest absolute Gasteiger partial charge is 0.407 e. The molecule has 0 spiro atoms. The first-order valence-electron chi connectivity index (χ1n) is 26.4. The number of nitrogens with one attached hydrogen (secondary N) is 3. The minimum Gasteiger partial charge on any atom is -0.449 e. The number of rotatable bonds is 30. The molecule has 0 aromatic carbocycles. The van der Waals surface area contributed by atoms with Crippen LogP contribution in [-0.4, -0.2) is 155 Å². The van der Waals surface area contributed by atoms with Crippen molar-refractivity contribution in [2.24, 2.45) is 40.4 Å². The molecule has 16 nitrogen and oxygen atoms in total. The number of aliphatic hydroxyl groups excluding tert-OH is 1. The second kappa shape index (κ2) is 27.8. The van der Waals surface area contributed by atoms with Crippen molar-refractivity contribution in [2.75, 3.05) is 84.8 Å². The van der Waals surface area contributed by atoms with Crippen molar-refractivity contribution in [1.82, 2.24) is 16.0 Å². The molecule has 3 amide bonds. The number of Topliss-reactive ketones (excluding diaryl/α,β-unsaturated/α-hetero) is 1. The second-order valence-corrected chi connectivity index (χ2v) is 24.7. The Morgan fingerprint density at radius 1 is 0.863 bits per heavy atom. The second-order valence-electron chi connectivity index (χ2n) is 21.5. The molecule has 73 heavy (non-hydrogen) atoms. The Bertz CT molecular complexity index is 1950. The van der Waals surface area contributed by atoms with Gasteiger partial charge in [-0.25, -0.2) is 18.4 Å². The van der Waals surface area contributed by atoms with Gasteiger partial charge in [-0.2, -0.15) is 0 Å². The minimum absolute atomic E-state index is 0.0909. The highest BCUT2D eigenvalue weighted by Crippen LogP contribution is 2.68. The van der Waals surface area contributed by atoms with Crippen LogP contribution in [0.5, 0.6) is 0 Å². The number of carbonyl (C=O) groups excluding carboxylic acids is 5. The maximum absolute atomic E-state index is 17.4. The van der Waals surface area contributed by atoms with E-state index in [1.54, 1.807) is 6.92 Å². The largest absolute Gasteiger partial charge is 0.449 e. The summed E-state index contributed by atoms with van der Waals surface area (Å²) < 4.78 is 72.2. The number of aliphatic hydroxyl groups is 1. The van der Waals surface area contributed by atoms with Gasteiger partial charge in [0.15, 0.2) is 30.1 Å². The average molecular weight is 1070 g/mol. The van der Waals surface area contributed by atoms with Crippen LogP contribution in [0.2, 0.25) is 0 Å². The molecule has 412 valence electrons. The summed E-state index contributed by atoms with van der Waals surface area (Å²) in [6.45, 7) is 12.4. The molecule has 4 saturated carbocycles. The number of fused-ring (bicyclic) bond motifs is 6. The number of alkyl carbamates (subject to hydrolysis) is 2. The van der Waals surface area contributed by atoms with Crippen molar-refractivity contribution in [3.63, 3.8) is 0 Å². The van der Waals surface area contributed by atoms with Crippen LogP contribution in [0.4, 0.5) is 18.4 Å². The normalized spacial score (nSPS) is 32.1. The quantitative estimate of drug-likeness (QED) is 0.0237. The van der Waals surface area contributed by atoms with E-state index in [1.807, 2.05) is 27.7 Å². The van der Waals surface area contributed by atoms with Crippen molar-refractivity contribution in [1.29, 1.82) is 0 Å². The van der Waals surface area contributed by atoms with Gasteiger partial charge in [0.05, 0.1) is 58.5 Å². The van der Waals surface area contributed by atoms with Gasteiger partial charge in [-0.1, -0.05) is 60.1 Å². The predicted molar refractivity (Wildman–Crippen MR) is 274 cm³/mol. The Morgan fingerprint density at radius 3 is 2.19 bits per heavy atom. The first kappa shape index (κ1) is 59.1. The molecule has 0 saturated heterocycles. The van der Waals surface area contributed by atoms with Crippen molar-refractivity contribution < 1.29 is 71.0 Å². The predicted octanol–water partition coefficient (Wildman–Crippen LogP) is 7.56. The van der Waals surface area contributed by atoms with Crippen molar-refractivity contribution in [2.45, 2.75) is 140 Å². The van der Waals surface area contributed by atoms with Crippen molar-refractivity contribution in [3.8, 4) is 0 Å². The molecule has 6 aliphatic carbocycles. The van der Waals surface area contributed by atoms with E-state index in [4.69, 9.17) is 33.2 Å². The Morgan fingerprint density at radius 2 is 1.51 bits per heavy atom. The van der Waals surface area contributed by atoms with Crippen LogP contribution in [-0.2, 0) is 47.5 Å². The van der Waals surface area contributed by atoms with Gasteiger partial charge < -0.3 is 54.2 Å². The highest BCUT2D eigenvalue weighted by atomic mass is 33.1.